The quantitative estimate of drug-likeness (QED) is 0.325. The van der Waals surface area contributed by atoms with Crippen LogP contribution in [-0.4, -0.2) is 73.6 Å². The molecule has 12 heteroatoms. The van der Waals surface area contributed by atoms with E-state index >= 15 is 4.39 Å². The molecule has 0 aromatic rings. The van der Waals surface area contributed by atoms with Gasteiger partial charge in [-0.25, -0.2) is 14.0 Å². The van der Waals surface area contributed by atoms with Crippen LogP contribution >= 0.6 is 0 Å². The fourth-order valence-corrected chi connectivity index (χ4v) is 3.41. The van der Waals surface area contributed by atoms with Crippen LogP contribution in [0.5, 0.6) is 0 Å². The number of carbonyl (C=O) groups is 4. The smallest absolute Gasteiger partial charge is 0.408 e. The molecular weight excluding hydrogens is 424 g/mol. The zero-order valence-corrected chi connectivity index (χ0v) is 17.1. The lowest BCUT2D eigenvalue weighted by atomic mass is 9.88. The first-order valence-corrected chi connectivity index (χ1v) is 9.45. The minimum atomic E-state index is -3.68. The summed E-state index contributed by atoms with van der Waals surface area (Å²) >= 11 is 0. The maximum absolute atomic E-state index is 15.3. The largest absolute Gasteiger partial charge is 0.465 e. The van der Waals surface area contributed by atoms with Gasteiger partial charge in [-0.15, -0.1) is 12.3 Å². The number of methoxy groups -OCH3 is 1. The fourth-order valence-electron chi connectivity index (χ4n) is 3.41. The Bertz CT molecular complexity index is 770. The number of terminal acetylenes is 1. The van der Waals surface area contributed by atoms with Crippen LogP contribution in [0, 0.1) is 12.3 Å². The number of carbonyl (C=O) groups excluding carboxylic acids is 4. The van der Waals surface area contributed by atoms with Gasteiger partial charge in [-0.1, -0.05) is 6.92 Å². The van der Waals surface area contributed by atoms with Gasteiger partial charge in [0.25, 0.3) is 0 Å². The van der Waals surface area contributed by atoms with Crippen LogP contribution in [-0.2, 0) is 38.1 Å². The highest BCUT2D eigenvalue weighted by Crippen LogP contribution is 2.40. The molecule has 0 spiro atoms. The molecule has 2 fully saturated rings. The van der Waals surface area contributed by atoms with Crippen molar-refractivity contribution in [2.75, 3.05) is 7.11 Å². The zero-order chi connectivity index (χ0) is 23.3. The van der Waals surface area contributed by atoms with Gasteiger partial charge >= 0.3 is 29.9 Å². The first kappa shape index (κ1) is 24.3. The minimum absolute atomic E-state index is 0.0229. The summed E-state index contributed by atoms with van der Waals surface area (Å²) in [6.07, 6.45) is -5.06. The van der Waals surface area contributed by atoms with Crippen molar-refractivity contribution in [2.45, 2.75) is 75.6 Å². The molecule has 0 aromatic heterocycles. The lowest BCUT2D eigenvalue weighted by Gasteiger charge is -2.44. The summed E-state index contributed by atoms with van der Waals surface area (Å²) in [7, 11) is 0.810. The maximum atomic E-state index is 15.3. The Morgan fingerprint density at radius 1 is 1.35 bits per heavy atom. The summed E-state index contributed by atoms with van der Waals surface area (Å²) in [4.78, 5) is 47.5. The molecular formula is C19H23F2NO9. The van der Waals surface area contributed by atoms with Crippen LogP contribution in [0.4, 0.5) is 13.6 Å². The van der Waals surface area contributed by atoms with E-state index in [0.717, 1.165) is 14.0 Å². The monoisotopic (exact) mass is 447 g/mol. The van der Waals surface area contributed by atoms with Gasteiger partial charge in [-0.2, -0.15) is 4.39 Å². The summed E-state index contributed by atoms with van der Waals surface area (Å²) in [5.74, 6) is -4.74. The Hall–Kier alpha value is -2.94. The molecule has 172 valence electrons. The molecule has 1 amide bonds. The van der Waals surface area contributed by atoms with Gasteiger partial charge in [0.15, 0.2) is 12.2 Å². The molecule has 10 nitrogen and oxygen atoms in total. The third kappa shape index (κ3) is 5.04. The lowest BCUT2D eigenvalue weighted by molar-refractivity contribution is -0.288. The number of alkyl halides is 2. The van der Waals surface area contributed by atoms with E-state index < -0.39 is 66.5 Å². The van der Waals surface area contributed by atoms with Crippen LogP contribution in [0.1, 0.15) is 33.1 Å². The van der Waals surface area contributed by atoms with Crippen molar-refractivity contribution in [1.82, 2.24) is 5.32 Å². The number of nitrogens with one attached hydrogen (secondary N) is 1. The molecule has 31 heavy (non-hydrogen) atoms. The number of halogens is 2. The van der Waals surface area contributed by atoms with Gasteiger partial charge in [0, 0.05) is 13.3 Å². The van der Waals surface area contributed by atoms with Gasteiger partial charge < -0.3 is 29.0 Å². The van der Waals surface area contributed by atoms with E-state index in [1.807, 2.05) is 0 Å². The predicted octanol–water partition coefficient (Wildman–Crippen LogP) is 0.706. The number of ether oxygens (including phenoxy) is 5. The number of hydrogen-bond donors (Lipinski definition) is 1. The molecule has 2 saturated heterocycles. The number of amides is 1. The van der Waals surface area contributed by atoms with Crippen molar-refractivity contribution in [3.05, 3.63) is 0 Å². The van der Waals surface area contributed by atoms with Crippen molar-refractivity contribution in [1.29, 1.82) is 0 Å². The molecule has 0 aromatic carbocycles. The summed E-state index contributed by atoms with van der Waals surface area (Å²) in [5, 5.41) is 2.25. The molecule has 0 aliphatic carbocycles. The number of fused-ring (bicyclic) bond motifs is 1. The van der Waals surface area contributed by atoms with Crippen LogP contribution < -0.4 is 5.32 Å². The van der Waals surface area contributed by atoms with E-state index in [1.165, 1.54) is 0 Å². The molecule has 2 aliphatic heterocycles. The molecule has 0 bridgehead atoms. The van der Waals surface area contributed by atoms with Gasteiger partial charge in [0.1, 0.15) is 18.2 Å². The van der Waals surface area contributed by atoms with E-state index in [0.29, 0.717) is 0 Å². The van der Waals surface area contributed by atoms with Crippen molar-refractivity contribution < 1.29 is 51.6 Å². The van der Waals surface area contributed by atoms with Gasteiger partial charge in [0.05, 0.1) is 13.5 Å². The van der Waals surface area contributed by atoms with E-state index in [9.17, 15) is 23.6 Å². The summed E-state index contributed by atoms with van der Waals surface area (Å²) in [6, 6.07) is -1.37. The van der Waals surface area contributed by atoms with Crippen molar-refractivity contribution in [2.24, 2.45) is 0 Å². The molecule has 1 N–H and O–H groups in total. The SMILES string of the molecule is C#CCCC(=O)O[C@@H](C1OC(F)(C(=O)OC)C(F)C2OC(=O)NC21)[C@@H](CC)OC(C)=O. The Kier molecular flexibility index (Phi) is 7.78. The van der Waals surface area contributed by atoms with Crippen molar-refractivity contribution in [3.63, 3.8) is 0 Å². The third-order valence-electron chi connectivity index (χ3n) is 4.80. The highest BCUT2D eigenvalue weighted by Gasteiger charge is 2.67. The van der Waals surface area contributed by atoms with Crippen molar-refractivity contribution in [3.8, 4) is 12.3 Å². The van der Waals surface area contributed by atoms with E-state index in [1.54, 1.807) is 6.92 Å². The van der Waals surface area contributed by atoms with Crippen LogP contribution in [0.2, 0.25) is 0 Å². The van der Waals surface area contributed by atoms with Crippen LogP contribution in [0.3, 0.4) is 0 Å². The van der Waals surface area contributed by atoms with Crippen LogP contribution in [0.15, 0.2) is 0 Å². The average molecular weight is 447 g/mol. The van der Waals surface area contributed by atoms with E-state index in [4.69, 9.17) is 25.4 Å². The summed E-state index contributed by atoms with van der Waals surface area (Å²) in [6.45, 7) is 2.66. The first-order valence-electron chi connectivity index (χ1n) is 9.45. The highest BCUT2D eigenvalue weighted by molar-refractivity contribution is 5.80. The van der Waals surface area contributed by atoms with Gasteiger partial charge in [-0.3, -0.25) is 9.59 Å². The molecule has 2 rings (SSSR count). The number of rotatable bonds is 8. The van der Waals surface area contributed by atoms with Gasteiger partial charge in [0.2, 0.25) is 6.17 Å². The topological polar surface area (TPSA) is 126 Å². The van der Waals surface area contributed by atoms with Crippen molar-refractivity contribution >= 4 is 24.0 Å². The van der Waals surface area contributed by atoms with Gasteiger partial charge in [-0.05, 0) is 6.42 Å². The Morgan fingerprint density at radius 3 is 2.58 bits per heavy atom. The second-order valence-electron chi connectivity index (χ2n) is 6.88. The Balaban J connectivity index is 2.47. The zero-order valence-electron chi connectivity index (χ0n) is 17.1. The summed E-state index contributed by atoms with van der Waals surface area (Å²) < 4.78 is 54.9. The summed E-state index contributed by atoms with van der Waals surface area (Å²) in [5.41, 5.74) is 0. The van der Waals surface area contributed by atoms with Crippen LogP contribution in [0.25, 0.3) is 0 Å². The normalized spacial score (nSPS) is 31.2. The molecule has 0 radical (unpaired) electrons. The lowest BCUT2D eigenvalue weighted by Crippen LogP contribution is -2.69. The maximum Gasteiger partial charge on any atom is 0.408 e. The molecule has 5 unspecified atom stereocenters. The Morgan fingerprint density at radius 2 is 2.03 bits per heavy atom. The predicted molar refractivity (Wildman–Crippen MR) is 96.6 cm³/mol. The fraction of sp³-hybridized carbons (Fsp3) is 0.684. The first-order chi connectivity index (χ1) is 14.6. The molecule has 2 aliphatic rings. The number of esters is 3. The second kappa shape index (κ2) is 9.91. The van der Waals surface area contributed by atoms with E-state index in [-0.39, 0.29) is 19.3 Å². The second-order valence-corrected chi connectivity index (χ2v) is 6.88. The number of hydrogen-bond acceptors (Lipinski definition) is 9. The molecule has 0 saturated carbocycles. The number of alkyl carbamates (subject to hydrolysis) is 1. The standard InChI is InChI=1S/C19H23F2NO9/c1-5-7-8-11(24)29-13(10(6-2)28-9(3)23)14-12-15(30-18(26)22-12)16(20)19(21,31-14)17(25)27-4/h1,10,12-16H,6-8H2,2-4H3,(H,22,26)/t10-,12?,13-,14?,15?,16?,19?/m1/s1. The third-order valence-corrected chi connectivity index (χ3v) is 4.80. The van der Waals surface area contributed by atoms with E-state index in [2.05, 4.69) is 16.0 Å². The molecule has 7 atom stereocenters. The highest BCUT2D eigenvalue weighted by atomic mass is 19.2. The molecule has 2 heterocycles. The average Bonchev–Trinajstić information content (AvgIpc) is 3.12. The Labute approximate surface area is 176 Å². The minimum Gasteiger partial charge on any atom is -0.465 e.